The van der Waals surface area contributed by atoms with Gasteiger partial charge in [-0.3, -0.25) is 0 Å². The Morgan fingerprint density at radius 3 is 2.60 bits per heavy atom. The molecule has 0 bridgehead atoms. The Balaban J connectivity index is 1.53. The first kappa shape index (κ1) is 14.1. The van der Waals surface area contributed by atoms with E-state index in [1.165, 1.54) is 44.1 Å². The molecule has 110 valence electrons. The van der Waals surface area contributed by atoms with Gasteiger partial charge in [-0.1, -0.05) is 43.2 Å². The molecule has 20 heavy (non-hydrogen) atoms. The van der Waals surface area contributed by atoms with E-state index in [0.717, 1.165) is 19.4 Å². The molecule has 1 spiro atoms. The molecular formula is C18H27NO. The van der Waals surface area contributed by atoms with Crippen molar-refractivity contribution in [3.05, 3.63) is 35.9 Å². The summed E-state index contributed by atoms with van der Waals surface area (Å²) in [6, 6.07) is 10.7. The molecule has 2 atom stereocenters. The standard InChI is InChI=1S/C18H27NO/c19-14-16(12-15-6-2-1-3-7-15)13-17-8-11-18(20-17)9-4-5-10-18/h1-3,6-7,16-17H,4-5,8-14,19H2. The molecule has 1 aliphatic carbocycles. The van der Waals surface area contributed by atoms with Crippen LogP contribution in [0, 0.1) is 5.92 Å². The van der Waals surface area contributed by atoms with Crippen LogP contribution in [0.4, 0.5) is 0 Å². The summed E-state index contributed by atoms with van der Waals surface area (Å²) < 4.78 is 6.42. The Morgan fingerprint density at radius 1 is 1.15 bits per heavy atom. The van der Waals surface area contributed by atoms with Crippen molar-refractivity contribution in [2.24, 2.45) is 11.7 Å². The molecule has 3 rings (SSSR count). The molecule has 1 saturated carbocycles. The van der Waals surface area contributed by atoms with Gasteiger partial charge in [0, 0.05) is 0 Å². The van der Waals surface area contributed by atoms with Crippen LogP contribution in [0.5, 0.6) is 0 Å². The van der Waals surface area contributed by atoms with E-state index in [1.807, 2.05) is 0 Å². The Kier molecular flexibility index (Phi) is 4.42. The molecule has 1 heterocycles. The number of benzene rings is 1. The summed E-state index contributed by atoms with van der Waals surface area (Å²) in [5.41, 5.74) is 7.65. The van der Waals surface area contributed by atoms with Crippen molar-refractivity contribution in [3.63, 3.8) is 0 Å². The SMILES string of the molecule is NCC(Cc1ccccc1)CC1CCC2(CCCC2)O1. The van der Waals surface area contributed by atoms with Crippen molar-refractivity contribution in [3.8, 4) is 0 Å². The van der Waals surface area contributed by atoms with Gasteiger partial charge in [0.05, 0.1) is 11.7 Å². The van der Waals surface area contributed by atoms with Crippen LogP contribution in [0.2, 0.25) is 0 Å². The Bertz CT molecular complexity index is 411. The lowest BCUT2D eigenvalue weighted by Crippen LogP contribution is -2.27. The second-order valence-corrected chi connectivity index (χ2v) is 6.70. The van der Waals surface area contributed by atoms with Crippen molar-refractivity contribution in [2.45, 2.75) is 63.1 Å². The second kappa shape index (κ2) is 6.28. The van der Waals surface area contributed by atoms with E-state index in [2.05, 4.69) is 30.3 Å². The maximum Gasteiger partial charge on any atom is 0.0687 e. The van der Waals surface area contributed by atoms with Gasteiger partial charge in [0.1, 0.15) is 0 Å². The summed E-state index contributed by atoms with van der Waals surface area (Å²) in [5, 5.41) is 0. The van der Waals surface area contributed by atoms with Crippen LogP contribution in [0.25, 0.3) is 0 Å². The number of rotatable bonds is 5. The van der Waals surface area contributed by atoms with Gasteiger partial charge in [0.2, 0.25) is 0 Å². The van der Waals surface area contributed by atoms with Gasteiger partial charge >= 0.3 is 0 Å². The molecule has 0 aromatic heterocycles. The molecule has 2 heteroatoms. The summed E-state index contributed by atoms with van der Waals surface area (Å²) in [6.07, 6.45) is 10.5. The Labute approximate surface area is 122 Å². The van der Waals surface area contributed by atoms with E-state index < -0.39 is 0 Å². The zero-order valence-corrected chi connectivity index (χ0v) is 12.4. The fourth-order valence-electron chi connectivity index (χ4n) is 4.03. The number of ether oxygens (including phenoxy) is 1. The van der Waals surface area contributed by atoms with E-state index >= 15 is 0 Å². The van der Waals surface area contributed by atoms with Crippen molar-refractivity contribution in [1.82, 2.24) is 0 Å². The predicted octanol–water partition coefficient (Wildman–Crippen LogP) is 3.69. The third-order valence-corrected chi connectivity index (χ3v) is 5.15. The van der Waals surface area contributed by atoms with Gasteiger partial charge in [-0.15, -0.1) is 0 Å². The molecule has 2 fully saturated rings. The van der Waals surface area contributed by atoms with Gasteiger partial charge in [-0.05, 0) is 56.6 Å². The van der Waals surface area contributed by atoms with E-state index in [9.17, 15) is 0 Å². The summed E-state index contributed by atoms with van der Waals surface area (Å²) in [4.78, 5) is 0. The number of nitrogens with two attached hydrogens (primary N) is 1. The van der Waals surface area contributed by atoms with E-state index in [-0.39, 0.29) is 5.60 Å². The second-order valence-electron chi connectivity index (χ2n) is 6.70. The summed E-state index contributed by atoms with van der Waals surface area (Å²) in [6.45, 7) is 0.766. The predicted molar refractivity (Wildman–Crippen MR) is 82.6 cm³/mol. The van der Waals surface area contributed by atoms with Crippen LogP contribution < -0.4 is 5.73 Å². The largest absolute Gasteiger partial charge is 0.372 e. The summed E-state index contributed by atoms with van der Waals surface area (Å²) in [7, 11) is 0. The summed E-state index contributed by atoms with van der Waals surface area (Å²) >= 11 is 0. The smallest absolute Gasteiger partial charge is 0.0687 e. The van der Waals surface area contributed by atoms with Crippen LogP contribution in [-0.2, 0) is 11.2 Å². The molecule has 0 amide bonds. The van der Waals surface area contributed by atoms with E-state index in [4.69, 9.17) is 10.5 Å². The van der Waals surface area contributed by atoms with Gasteiger partial charge in [0.15, 0.2) is 0 Å². The average molecular weight is 273 g/mol. The molecule has 0 radical (unpaired) electrons. The first-order chi connectivity index (χ1) is 9.80. The van der Waals surface area contributed by atoms with Crippen molar-refractivity contribution < 1.29 is 4.74 Å². The van der Waals surface area contributed by atoms with Crippen molar-refractivity contribution in [2.75, 3.05) is 6.54 Å². The van der Waals surface area contributed by atoms with E-state index in [0.29, 0.717) is 12.0 Å². The normalized spacial score (nSPS) is 26.1. The first-order valence-corrected chi connectivity index (χ1v) is 8.21. The zero-order chi connectivity index (χ0) is 13.8. The van der Waals surface area contributed by atoms with Crippen LogP contribution in [-0.4, -0.2) is 18.2 Å². The molecule has 2 N–H and O–H groups in total. The highest BCUT2D eigenvalue weighted by Gasteiger charge is 2.42. The molecule has 1 saturated heterocycles. The van der Waals surface area contributed by atoms with Crippen LogP contribution in [0.15, 0.2) is 30.3 Å². The quantitative estimate of drug-likeness (QED) is 0.888. The lowest BCUT2D eigenvalue weighted by Gasteiger charge is -2.25. The maximum atomic E-state index is 6.42. The molecular weight excluding hydrogens is 246 g/mol. The lowest BCUT2D eigenvalue weighted by atomic mass is 9.92. The highest BCUT2D eigenvalue weighted by Crippen LogP contribution is 2.44. The minimum atomic E-state index is 0.260. The van der Waals surface area contributed by atoms with Gasteiger partial charge in [0.25, 0.3) is 0 Å². The minimum absolute atomic E-state index is 0.260. The van der Waals surface area contributed by atoms with Crippen molar-refractivity contribution in [1.29, 1.82) is 0 Å². The fourth-order valence-corrected chi connectivity index (χ4v) is 4.03. The highest BCUT2D eigenvalue weighted by molar-refractivity contribution is 5.15. The van der Waals surface area contributed by atoms with Crippen LogP contribution >= 0.6 is 0 Å². The third kappa shape index (κ3) is 3.24. The average Bonchev–Trinajstić information content (AvgIpc) is 3.10. The first-order valence-electron chi connectivity index (χ1n) is 8.21. The van der Waals surface area contributed by atoms with Gasteiger partial charge in [-0.25, -0.2) is 0 Å². The Morgan fingerprint density at radius 2 is 1.90 bits per heavy atom. The minimum Gasteiger partial charge on any atom is -0.372 e. The monoisotopic (exact) mass is 273 g/mol. The molecule has 2 unspecified atom stereocenters. The van der Waals surface area contributed by atoms with Gasteiger partial charge in [-0.2, -0.15) is 0 Å². The number of hydrogen-bond donors (Lipinski definition) is 1. The van der Waals surface area contributed by atoms with Gasteiger partial charge < -0.3 is 10.5 Å². The number of hydrogen-bond acceptors (Lipinski definition) is 2. The molecule has 1 aromatic carbocycles. The Hall–Kier alpha value is -0.860. The summed E-state index contributed by atoms with van der Waals surface area (Å²) in [5.74, 6) is 0.555. The molecule has 1 aromatic rings. The van der Waals surface area contributed by atoms with Crippen molar-refractivity contribution >= 4 is 0 Å². The lowest BCUT2D eigenvalue weighted by molar-refractivity contribution is -0.0438. The topological polar surface area (TPSA) is 35.2 Å². The zero-order valence-electron chi connectivity index (χ0n) is 12.4. The fraction of sp³-hybridized carbons (Fsp3) is 0.667. The maximum absolute atomic E-state index is 6.42. The van der Waals surface area contributed by atoms with Crippen LogP contribution in [0.3, 0.4) is 0 Å². The highest BCUT2D eigenvalue weighted by atomic mass is 16.5. The molecule has 2 aliphatic rings. The van der Waals surface area contributed by atoms with E-state index in [1.54, 1.807) is 0 Å². The van der Waals surface area contributed by atoms with Crippen LogP contribution in [0.1, 0.15) is 50.5 Å². The third-order valence-electron chi connectivity index (χ3n) is 5.15. The molecule has 1 aliphatic heterocycles. The molecule has 2 nitrogen and oxygen atoms in total.